The van der Waals surface area contributed by atoms with Gasteiger partial charge in [-0.05, 0) is 42.3 Å². The minimum Gasteiger partial charge on any atom is -0.493 e. The normalized spacial score (nSPS) is 12.3. The van der Waals surface area contributed by atoms with Crippen molar-refractivity contribution in [2.24, 2.45) is 0 Å². The van der Waals surface area contributed by atoms with Crippen LogP contribution in [0.25, 0.3) is 11.5 Å². The Morgan fingerprint density at radius 3 is 2.92 bits per heavy atom. The van der Waals surface area contributed by atoms with Crippen LogP contribution in [0.2, 0.25) is 0 Å². The molecule has 0 atom stereocenters. The van der Waals surface area contributed by atoms with Crippen LogP contribution in [-0.4, -0.2) is 29.4 Å². The first kappa shape index (κ1) is 16.8. The van der Waals surface area contributed by atoms with Gasteiger partial charge in [0.2, 0.25) is 12.7 Å². The monoisotopic (exact) mass is 370 g/mol. The summed E-state index contributed by atoms with van der Waals surface area (Å²) in [6.45, 7) is 2.94. The van der Waals surface area contributed by atoms with E-state index >= 15 is 0 Å². The van der Waals surface area contributed by atoms with Crippen LogP contribution in [0.4, 0.5) is 0 Å². The minimum absolute atomic E-state index is 0.241. The highest BCUT2D eigenvalue weighted by molar-refractivity contribution is 7.99. The van der Waals surface area contributed by atoms with Crippen LogP contribution in [-0.2, 0) is 6.42 Å². The maximum atomic E-state index is 5.77. The van der Waals surface area contributed by atoms with Gasteiger partial charge in [-0.1, -0.05) is 30.8 Å². The maximum absolute atomic E-state index is 5.77. The first-order chi connectivity index (χ1) is 12.8. The fourth-order valence-electron chi connectivity index (χ4n) is 2.56. The van der Waals surface area contributed by atoms with E-state index < -0.39 is 0 Å². The van der Waals surface area contributed by atoms with E-state index in [2.05, 4.69) is 29.3 Å². The van der Waals surface area contributed by atoms with Crippen LogP contribution >= 0.6 is 11.8 Å². The Morgan fingerprint density at radius 1 is 1.08 bits per heavy atom. The van der Waals surface area contributed by atoms with Crippen molar-refractivity contribution in [1.82, 2.24) is 10.2 Å². The molecule has 4 rings (SSSR count). The third-order valence-corrected chi connectivity index (χ3v) is 4.69. The van der Waals surface area contributed by atoms with Crippen molar-refractivity contribution in [1.29, 1.82) is 0 Å². The van der Waals surface area contributed by atoms with Crippen molar-refractivity contribution in [3.8, 4) is 28.7 Å². The number of ether oxygens (including phenoxy) is 3. The molecular formula is C19H18N2O4S. The Bertz CT molecular complexity index is 897. The first-order valence-corrected chi connectivity index (χ1v) is 9.38. The summed E-state index contributed by atoms with van der Waals surface area (Å²) in [7, 11) is 0. The van der Waals surface area contributed by atoms with Gasteiger partial charge in [0.05, 0.1) is 6.61 Å². The molecule has 0 unspecified atom stereocenters. The van der Waals surface area contributed by atoms with Gasteiger partial charge in [-0.15, -0.1) is 10.2 Å². The molecule has 7 heteroatoms. The molecule has 1 aliphatic heterocycles. The average molecular weight is 370 g/mol. The Hall–Kier alpha value is -2.67. The summed E-state index contributed by atoms with van der Waals surface area (Å²) in [5, 5.41) is 8.69. The second-order valence-electron chi connectivity index (χ2n) is 5.64. The molecule has 6 nitrogen and oxygen atoms in total. The molecule has 2 heterocycles. The number of hydrogen-bond acceptors (Lipinski definition) is 7. The predicted molar refractivity (Wildman–Crippen MR) is 97.9 cm³/mol. The Labute approximate surface area is 155 Å². The molecule has 0 bridgehead atoms. The molecule has 1 aliphatic rings. The average Bonchev–Trinajstić information content (AvgIpc) is 3.34. The summed E-state index contributed by atoms with van der Waals surface area (Å²) in [4.78, 5) is 0. The van der Waals surface area contributed by atoms with E-state index in [0.29, 0.717) is 23.5 Å². The van der Waals surface area contributed by atoms with Gasteiger partial charge in [-0.3, -0.25) is 0 Å². The fraction of sp³-hybridized carbons (Fsp3) is 0.263. The van der Waals surface area contributed by atoms with Gasteiger partial charge in [0.1, 0.15) is 5.75 Å². The molecule has 0 saturated carbocycles. The minimum atomic E-state index is 0.241. The van der Waals surface area contributed by atoms with E-state index in [4.69, 9.17) is 18.6 Å². The predicted octanol–water partition coefficient (Wildman–Crippen LogP) is 4.20. The lowest BCUT2D eigenvalue weighted by atomic mass is 10.2. The van der Waals surface area contributed by atoms with E-state index in [1.54, 1.807) is 0 Å². The zero-order valence-electron chi connectivity index (χ0n) is 14.3. The van der Waals surface area contributed by atoms with Gasteiger partial charge in [0.25, 0.3) is 5.22 Å². The Balaban J connectivity index is 1.31. The smallest absolute Gasteiger partial charge is 0.276 e. The summed E-state index contributed by atoms with van der Waals surface area (Å²) in [5.74, 6) is 3.49. The number of rotatable bonds is 7. The van der Waals surface area contributed by atoms with Crippen LogP contribution in [0.5, 0.6) is 17.2 Å². The van der Waals surface area contributed by atoms with Crippen LogP contribution < -0.4 is 14.2 Å². The molecule has 0 N–H and O–H groups in total. The summed E-state index contributed by atoms with van der Waals surface area (Å²) in [6.07, 6.45) is 0.997. The number of aromatic nitrogens is 2. The van der Waals surface area contributed by atoms with Crippen LogP contribution in [0.15, 0.2) is 52.1 Å². The molecule has 0 aliphatic carbocycles. The van der Waals surface area contributed by atoms with E-state index in [9.17, 15) is 0 Å². The fourth-order valence-corrected chi connectivity index (χ4v) is 3.14. The SMILES string of the molecule is CCc1cccc(OCCSc2nnc(-c3ccc4c(c3)OCO4)o2)c1. The Morgan fingerprint density at radius 2 is 2.00 bits per heavy atom. The summed E-state index contributed by atoms with van der Waals surface area (Å²) < 4.78 is 22.2. The lowest BCUT2D eigenvalue weighted by molar-refractivity contribution is 0.174. The van der Waals surface area contributed by atoms with Gasteiger partial charge >= 0.3 is 0 Å². The van der Waals surface area contributed by atoms with Gasteiger partial charge in [-0.25, -0.2) is 0 Å². The zero-order chi connectivity index (χ0) is 17.8. The van der Waals surface area contributed by atoms with Crippen molar-refractivity contribution >= 4 is 11.8 Å². The molecule has 3 aromatic rings. The maximum Gasteiger partial charge on any atom is 0.276 e. The molecular weight excluding hydrogens is 352 g/mol. The largest absolute Gasteiger partial charge is 0.493 e. The lowest BCUT2D eigenvalue weighted by Crippen LogP contribution is -2.00. The number of fused-ring (bicyclic) bond motifs is 1. The number of thioether (sulfide) groups is 1. The molecule has 0 fully saturated rings. The van der Waals surface area contributed by atoms with Crippen molar-refractivity contribution in [2.45, 2.75) is 18.6 Å². The third kappa shape index (κ3) is 3.77. The summed E-state index contributed by atoms with van der Waals surface area (Å²) >= 11 is 1.47. The molecule has 26 heavy (non-hydrogen) atoms. The van der Waals surface area contributed by atoms with E-state index in [0.717, 1.165) is 29.2 Å². The second kappa shape index (κ2) is 7.70. The van der Waals surface area contributed by atoms with Gasteiger partial charge in [0.15, 0.2) is 11.5 Å². The first-order valence-electron chi connectivity index (χ1n) is 8.40. The van der Waals surface area contributed by atoms with Crippen LogP contribution in [0.3, 0.4) is 0 Å². The van der Waals surface area contributed by atoms with E-state index in [-0.39, 0.29) is 6.79 Å². The summed E-state index contributed by atoms with van der Waals surface area (Å²) in [6, 6.07) is 13.7. The zero-order valence-corrected chi connectivity index (χ0v) is 15.1. The standard InChI is InChI=1S/C19H18N2O4S/c1-2-13-4-3-5-15(10-13)22-8-9-26-19-21-20-18(25-19)14-6-7-16-17(11-14)24-12-23-16/h3-7,10-11H,2,8-9,12H2,1H3. The molecule has 0 radical (unpaired) electrons. The van der Waals surface area contributed by atoms with Crippen LogP contribution in [0.1, 0.15) is 12.5 Å². The number of benzene rings is 2. The molecule has 0 amide bonds. The van der Waals surface area contributed by atoms with Crippen molar-refractivity contribution < 1.29 is 18.6 Å². The van der Waals surface area contributed by atoms with Gasteiger partial charge in [-0.2, -0.15) is 0 Å². The molecule has 0 spiro atoms. The summed E-state index contributed by atoms with van der Waals surface area (Å²) in [5.41, 5.74) is 2.07. The van der Waals surface area contributed by atoms with Gasteiger partial charge < -0.3 is 18.6 Å². The van der Waals surface area contributed by atoms with E-state index in [1.165, 1.54) is 17.3 Å². The second-order valence-corrected chi connectivity index (χ2v) is 6.69. The van der Waals surface area contributed by atoms with E-state index in [1.807, 2.05) is 30.3 Å². The molecule has 0 saturated heterocycles. The van der Waals surface area contributed by atoms with Gasteiger partial charge in [0, 0.05) is 11.3 Å². The quantitative estimate of drug-likeness (QED) is 0.456. The van der Waals surface area contributed by atoms with Crippen molar-refractivity contribution in [3.05, 3.63) is 48.0 Å². The molecule has 2 aromatic carbocycles. The lowest BCUT2D eigenvalue weighted by Gasteiger charge is -2.06. The highest BCUT2D eigenvalue weighted by Gasteiger charge is 2.16. The van der Waals surface area contributed by atoms with Crippen molar-refractivity contribution in [2.75, 3.05) is 19.2 Å². The highest BCUT2D eigenvalue weighted by Crippen LogP contribution is 2.36. The topological polar surface area (TPSA) is 66.6 Å². The van der Waals surface area contributed by atoms with Crippen molar-refractivity contribution in [3.63, 3.8) is 0 Å². The highest BCUT2D eigenvalue weighted by atomic mass is 32.2. The molecule has 134 valence electrons. The number of nitrogens with zero attached hydrogens (tertiary/aromatic N) is 2. The molecule has 1 aromatic heterocycles. The third-order valence-electron chi connectivity index (χ3n) is 3.91. The Kier molecular flexibility index (Phi) is 4.97. The number of aryl methyl sites for hydroxylation is 1. The van der Waals surface area contributed by atoms with Crippen LogP contribution in [0, 0.1) is 0 Å². The number of hydrogen-bond donors (Lipinski definition) is 0.